The second kappa shape index (κ2) is 7.76. The van der Waals surface area contributed by atoms with E-state index in [9.17, 15) is 13.6 Å². The van der Waals surface area contributed by atoms with Crippen LogP contribution >= 0.6 is 0 Å². The van der Waals surface area contributed by atoms with Crippen LogP contribution in [0, 0.1) is 12.3 Å². The fourth-order valence-electron chi connectivity index (χ4n) is 2.54. The Morgan fingerprint density at radius 3 is 2.77 bits per heavy atom. The Morgan fingerprint density at radius 1 is 1.41 bits per heavy atom. The normalized spacial score (nSPS) is 18.7. The monoisotopic (exact) mass is 308 g/mol. The number of hydrogen-bond donors (Lipinski definition) is 1. The highest BCUT2D eigenvalue weighted by molar-refractivity contribution is 5.94. The second-order valence-electron chi connectivity index (χ2n) is 5.08. The van der Waals surface area contributed by atoms with Gasteiger partial charge in [0.15, 0.2) is 0 Å². The molecule has 0 spiro atoms. The third-order valence-corrected chi connectivity index (χ3v) is 3.56. The lowest BCUT2D eigenvalue weighted by Gasteiger charge is -2.33. The Kier molecular flexibility index (Phi) is 5.73. The molecule has 22 heavy (non-hydrogen) atoms. The fourth-order valence-corrected chi connectivity index (χ4v) is 2.54. The van der Waals surface area contributed by atoms with Crippen LogP contribution in [0.5, 0.6) is 5.75 Å². The number of alkyl halides is 2. The second-order valence-corrected chi connectivity index (χ2v) is 5.08. The van der Waals surface area contributed by atoms with E-state index in [1.807, 2.05) is 4.90 Å². The zero-order chi connectivity index (χ0) is 15.9. The van der Waals surface area contributed by atoms with Crippen LogP contribution in [0.1, 0.15) is 19.3 Å². The van der Waals surface area contributed by atoms with Crippen LogP contribution in [0.2, 0.25) is 0 Å². The van der Waals surface area contributed by atoms with Gasteiger partial charge in [-0.15, -0.1) is 6.42 Å². The molecule has 1 fully saturated rings. The third-order valence-electron chi connectivity index (χ3n) is 3.56. The molecule has 1 amide bonds. The van der Waals surface area contributed by atoms with Gasteiger partial charge >= 0.3 is 6.61 Å². The molecule has 0 unspecified atom stereocenters. The summed E-state index contributed by atoms with van der Waals surface area (Å²) in [5.41, 5.74) is 0.540. The standard InChI is InChI=1S/C16H18F2N2O2/c1-2-10-20-11-4-3-5-14(20)15(21)19-12-6-8-13(9-7-12)22-16(17)18/h1,6-9,14,16H,3-5,10-11H2,(H,19,21)/t14-/m1/s1. The summed E-state index contributed by atoms with van der Waals surface area (Å²) in [4.78, 5) is 14.3. The average molecular weight is 308 g/mol. The summed E-state index contributed by atoms with van der Waals surface area (Å²) in [6.07, 6.45) is 8.12. The molecule has 1 aromatic rings. The molecule has 1 saturated heterocycles. The minimum absolute atomic E-state index is 0.0552. The summed E-state index contributed by atoms with van der Waals surface area (Å²) in [6.45, 7) is -1.61. The molecule has 1 atom stereocenters. The van der Waals surface area contributed by atoms with Crippen molar-refractivity contribution in [2.45, 2.75) is 31.9 Å². The van der Waals surface area contributed by atoms with Gasteiger partial charge in [-0.2, -0.15) is 8.78 Å². The Hall–Kier alpha value is -2.13. The summed E-state index contributed by atoms with van der Waals surface area (Å²) >= 11 is 0. The van der Waals surface area contributed by atoms with E-state index in [0.29, 0.717) is 12.2 Å². The molecule has 1 aliphatic rings. The number of terminal acetylenes is 1. The molecule has 0 radical (unpaired) electrons. The molecule has 0 aliphatic carbocycles. The van der Waals surface area contributed by atoms with Crippen molar-refractivity contribution in [3.63, 3.8) is 0 Å². The molecule has 1 N–H and O–H groups in total. The highest BCUT2D eigenvalue weighted by Gasteiger charge is 2.27. The maximum absolute atomic E-state index is 12.3. The lowest BCUT2D eigenvalue weighted by Crippen LogP contribution is -2.47. The van der Waals surface area contributed by atoms with Crippen LogP contribution in [0.25, 0.3) is 0 Å². The molecule has 1 aliphatic heterocycles. The van der Waals surface area contributed by atoms with Crippen LogP contribution in [-0.2, 0) is 4.79 Å². The predicted molar refractivity (Wildman–Crippen MR) is 79.7 cm³/mol. The number of carbonyl (C=O) groups excluding carboxylic acids is 1. The molecular formula is C16H18F2N2O2. The maximum atomic E-state index is 12.3. The molecule has 6 heteroatoms. The zero-order valence-corrected chi connectivity index (χ0v) is 12.1. The molecule has 0 saturated carbocycles. The number of anilines is 1. The van der Waals surface area contributed by atoms with E-state index in [1.165, 1.54) is 24.3 Å². The largest absolute Gasteiger partial charge is 0.435 e. The molecule has 118 valence electrons. The summed E-state index contributed by atoms with van der Waals surface area (Å²) in [6, 6.07) is 5.60. The van der Waals surface area contributed by atoms with Gasteiger partial charge in [-0.1, -0.05) is 12.3 Å². The van der Waals surface area contributed by atoms with Crippen molar-refractivity contribution < 1.29 is 18.3 Å². The number of benzene rings is 1. The number of halogens is 2. The van der Waals surface area contributed by atoms with E-state index in [-0.39, 0.29) is 17.7 Å². The quantitative estimate of drug-likeness (QED) is 0.850. The SMILES string of the molecule is C#CCN1CCCC[C@@H]1C(=O)Nc1ccc(OC(F)F)cc1. The number of amides is 1. The van der Waals surface area contributed by atoms with E-state index in [0.717, 1.165) is 25.8 Å². The van der Waals surface area contributed by atoms with Gasteiger partial charge in [-0.3, -0.25) is 9.69 Å². The summed E-state index contributed by atoms with van der Waals surface area (Å²) in [5, 5.41) is 2.79. The van der Waals surface area contributed by atoms with Gasteiger partial charge in [-0.25, -0.2) is 0 Å². The lowest BCUT2D eigenvalue weighted by molar-refractivity contribution is -0.122. The van der Waals surface area contributed by atoms with Gasteiger partial charge in [-0.05, 0) is 43.7 Å². The van der Waals surface area contributed by atoms with E-state index in [2.05, 4.69) is 16.0 Å². The van der Waals surface area contributed by atoms with Gasteiger partial charge in [0, 0.05) is 5.69 Å². The molecule has 1 aromatic carbocycles. The Bertz CT molecular complexity index is 540. The van der Waals surface area contributed by atoms with E-state index in [4.69, 9.17) is 6.42 Å². The van der Waals surface area contributed by atoms with Crippen molar-refractivity contribution >= 4 is 11.6 Å². The number of piperidine rings is 1. The van der Waals surface area contributed by atoms with Crippen molar-refractivity contribution in [2.24, 2.45) is 0 Å². The number of rotatable bonds is 5. The molecule has 0 aromatic heterocycles. The number of ether oxygens (including phenoxy) is 1. The van der Waals surface area contributed by atoms with Crippen LogP contribution in [0.3, 0.4) is 0 Å². The van der Waals surface area contributed by atoms with Gasteiger partial charge in [0.1, 0.15) is 5.75 Å². The average Bonchev–Trinajstić information content (AvgIpc) is 2.49. The van der Waals surface area contributed by atoms with Gasteiger partial charge in [0.2, 0.25) is 5.91 Å². The maximum Gasteiger partial charge on any atom is 0.387 e. The van der Waals surface area contributed by atoms with Crippen LogP contribution in [0.4, 0.5) is 14.5 Å². The van der Waals surface area contributed by atoms with E-state index >= 15 is 0 Å². The summed E-state index contributed by atoms with van der Waals surface area (Å²) < 4.78 is 28.4. The Balaban J connectivity index is 1.97. The summed E-state index contributed by atoms with van der Waals surface area (Å²) in [5.74, 6) is 2.50. The van der Waals surface area contributed by atoms with Crippen molar-refractivity contribution in [1.82, 2.24) is 4.90 Å². The first-order chi connectivity index (χ1) is 10.6. The van der Waals surface area contributed by atoms with E-state index < -0.39 is 6.61 Å². The van der Waals surface area contributed by atoms with Gasteiger partial charge in [0.05, 0.1) is 12.6 Å². The van der Waals surface area contributed by atoms with Crippen LogP contribution in [-0.4, -0.2) is 36.5 Å². The van der Waals surface area contributed by atoms with Crippen molar-refractivity contribution in [1.29, 1.82) is 0 Å². The predicted octanol–water partition coefficient (Wildman–Crippen LogP) is 2.71. The Labute approximate surface area is 128 Å². The zero-order valence-electron chi connectivity index (χ0n) is 12.1. The van der Waals surface area contributed by atoms with Crippen LogP contribution in [0.15, 0.2) is 24.3 Å². The topological polar surface area (TPSA) is 41.6 Å². The lowest BCUT2D eigenvalue weighted by atomic mass is 10.0. The molecular weight excluding hydrogens is 290 g/mol. The van der Waals surface area contributed by atoms with Crippen molar-refractivity contribution in [3.8, 4) is 18.1 Å². The minimum atomic E-state index is -2.86. The van der Waals surface area contributed by atoms with Gasteiger partial charge in [0.25, 0.3) is 0 Å². The highest BCUT2D eigenvalue weighted by Crippen LogP contribution is 2.21. The first-order valence-electron chi connectivity index (χ1n) is 7.13. The summed E-state index contributed by atoms with van der Waals surface area (Å²) in [7, 11) is 0. The number of carbonyl (C=O) groups is 1. The fraction of sp³-hybridized carbons (Fsp3) is 0.438. The molecule has 2 rings (SSSR count). The number of nitrogens with zero attached hydrogens (tertiary/aromatic N) is 1. The third kappa shape index (κ3) is 4.43. The molecule has 4 nitrogen and oxygen atoms in total. The van der Waals surface area contributed by atoms with Crippen molar-refractivity contribution in [3.05, 3.63) is 24.3 Å². The first-order valence-corrected chi connectivity index (χ1v) is 7.13. The minimum Gasteiger partial charge on any atom is -0.435 e. The highest BCUT2D eigenvalue weighted by atomic mass is 19.3. The number of likely N-dealkylation sites (tertiary alicyclic amines) is 1. The van der Waals surface area contributed by atoms with Crippen molar-refractivity contribution in [2.75, 3.05) is 18.4 Å². The number of nitrogens with one attached hydrogen (secondary N) is 1. The first kappa shape index (κ1) is 16.2. The Morgan fingerprint density at radius 2 is 2.14 bits per heavy atom. The van der Waals surface area contributed by atoms with Crippen LogP contribution < -0.4 is 10.1 Å². The number of hydrogen-bond acceptors (Lipinski definition) is 3. The smallest absolute Gasteiger partial charge is 0.387 e. The van der Waals surface area contributed by atoms with Gasteiger partial charge < -0.3 is 10.1 Å². The molecule has 1 heterocycles. The molecule has 0 bridgehead atoms. The van der Waals surface area contributed by atoms with E-state index in [1.54, 1.807) is 0 Å².